The van der Waals surface area contributed by atoms with E-state index in [1.54, 1.807) is 39.4 Å². The number of amides is 3. The van der Waals surface area contributed by atoms with Gasteiger partial charge in [-0.25, -0.2) is 9.37 Å². The number of rotatable bonds is 15. The lowest BCUT2D eigenvalue weighted by Crippen LogP contribution is -2.55. The summed E-state index contributed by atoms with van der Waals surface area (Å²) in [5.41, 5.74) is 6.36. The standard InChI is InChI=1S/C53H65BrFN10O5P/c1-8-32-29-41(59-52-56-31-37(54)49(61-52)58-40-15-14-39-36(48(40)71(6,7)69)12-11-33(9-2)57-39)45(70-10-3)30-44(32)64-23-19-34(20-24-64)63-27-25-62(26-28-63)22-21-35-38(55)13-16-42-47(35)53(4,5)51(68)65(42)43-17-18-46(66)60-50(43)67/h11-16,29-31,34,43H,8-10,17-28H2,1-7H3,(H,60,66,67)(H2,56,58,59,61). The number of halogens is 2. The Hall–Kier alpha value is -5.48. The molecule has 71 heavy (non-hydrogen) atoms. The van der Waals surface area contributed by atoms with Crippen LogP contribution < -0.4 is 35.8 Å². The van der Waals surface area contributed by atoms with Crippen LogP contribution in [0.1, 0.15) is 82.7 Å². The quantitative estimate of drug-likeness (QED) is 0.0677. The molecule has 9 rings (SSSR count). The summed E-state index contributed by atoms with van der Waals surface area (Å²) in [7, 11) is -2.76. The number of nitrogens with one attached hydrogen (secondary N) is 3. The average Bonchev–Trinajstić information content (AvgIpc) is 3.55. The SMILES string of the molecule is CCOc1cc(N2CCC(N3CCN(CCc4c(F)ccc5c4C(C)(C)C(=O)N5C4CCC(=O)NC4=O)CC3)CC2)c(CC)cc1Nc1ncc(Br)c(Nc2ccc3nc(CC)ccc3c2P(C)(C)=O)n1. The number of pyridine rings is 1. The second-order valence-electron chi connectivity index (χ2n) is 20.0. The van der Waals surface area contributed by atoms with Crippen molar-refractivity contribution >= 4 is 91.5 Å². The number of ether oxygens (including phenoxy) is 1. The number of piperazine rings is 1. The normalized spacial score (nSPS) is 19.1. The molecule has 0 radical (unpaired) electrons. The minimum Gasteiger partial charge on any atom is -0.492 e. The predicted molar refractivity (Wildman–Crippen MR) is 284 cm³/mol. The van der Waals surface area contributed by atoms with Crippen molar-refractivity contribution in [1.82, 2.24) is 30.1 Å². The number of imide groups is 1. The lowest BCUT2D eigenvalue weighted by molar-refractivity contribution is -0.136. The van der Waals surface area contributed by atoms with Crippen LogP contribution in [0.15, 0.2) is 59.2 Å². The van der Waals surface area contributed by atoms with Crippen molar-refractivity contribution < 1.29 is 28.1 Å². The molecule has 3 aromatic carbocycles. The van der Waals surface area contributed by atoms with Gasteiger partial charge in [0.2, 0.25) is 23.7 Å². The van der Waals surface area contributed by atoms with Crippen LogP contribution in [0.25, 0.3) is 10.9 Å². The zero-order valence-corrected chi connectivity index (χ0v) is 44.3. The molecule has 0 saturated carbocycles. The number of nitrogens with zero attached hydrogens (tertiary/aromatic N) is 7. The van der Waals surface area contributed by atoms with E-state index in [1.165, 1.54) is 22.2 Å². The molecular weight excluding hydrogens is 987 g/mol. The molecule has 376 valence electrons. The van der Waals surface area contributed by atoms with Crippen LogP contribution in [0.3, 0.4) is 0 Å². The summed E-state index contributed by atoms with van der Waals surface area (Å²) in [6.45, 7) is 19.9. The zero-order chi connectivity index (χ0) is 50.4. The molecule has 0 spiro atoms. The summed E-state index contributed by atoms with van der Waals surface area (Å²) in [4.78, 5) is 61.9. The van der Waals surface area contributed by atoms with Gasteiger partial charge < -0.3 is 29.7 Å². The summed E-state index contributed by atoms with van der Waals surface area (Å²) >= 11 is 3.64. The fourth-order valence-corrected chi connectivity index (χ4v) is 12.8. The third kappa shape index (κ3) is 10.2. The predicted octanol–water partition coefficient (Wildman–Crippen LogP) is 8.44. The first-order valence-electron chi connectivity index (χ1n) is 25.0. The first kappa shape index (κ1) is 50.5. The van der Waals surface area contributed by atoms with E-state index in [2.05, 4.69) is 77.5 Å². The fraction of sp³-hybridized carbons (Fsp3) is 0.472. The van der Waals surface area contributed by atoms with Gasteiger partial charge in [-0.1, -0.05) is 19.9 Å². The Labute approximate surface area is 424 Å². The van der Waals surface area contributed by atoms with Crippen molar-refractivity contribution in [3.63, 3.8) is 0 Å². The number of aromatic nitrogens is 3. The number of carbonyl (C=O) groups is 3. The Morgan fingerprint density at radius 3 is 2.34 bits per heavy atom. The third-order valence-electron chi connectivity index (χ3n) is 14.7. The van der Waals surface area contributed by atoms with Gasteiger partial charge >= 0.3 is 0 Å². The number of benzene rings is 3. The molecule has 18 heteroatoms. The van der Waals surface area contributed by atoms with Crippen molar-refractivity contribution in [3.05, 3.63) is 87.4 Å². The molecule has 4 aliphatic rings. The molecule has 3 fully saturated rings. The van der Waals surface area contributed by atoms with Gasteiger partial charge in [-0.3, -0.25) is 34.5 Å². The highest BCUT2D eigenvalue weighted by Crippen LogP contribution is 2.47. The Kier molecular flexibility index (Phi) is 14.6. The Balaban J connectivity index is 0.832. The molecule has 3 amide bonds. The molecule has 0 aliphatic carbocycles. The molecule has 1 unspecified atom stereocenters. The van der Waals surface area contributed by atoms with Crippen LogP contribution in [0, 0.1) is 5.82 Å². The van der Waals surface area contributed by atoms with E-state index in [4.69, 9.17) is 14.7 Å². The molecule has 3 N–H and O–H groups in total. The van der Waals surface area contributed by atoms with Gasteiger partial charge in [-0.2, -0.15) is 4.98 Å². The van der Waals surface area contributed by atoms with Gasteiger partial charge in [-0.05, 0) is 142 Å². The van der Waals surface area contributed by atoms with Crippen molar-refractivity contribution in [3.8, 4) is 5.75 Å². The van der Waals surface area contributed by atoms with E-state index >= 15 is 4.39 Å². The molecule has 0 bridgehead atoms. The van der Waals surface area contributed by atoms with Crippen molar-refractivity contribution in [2.75, 3.05) is 86.2 Å². The molecule has 6 heterocycles. The summed E-state index contributed by atoms with van der Waals surface area (Å²) in [5, 5.41) is 10.9. The first-order chi connectivity index (χ1) is 34.0. The molecular formula is C53H65BrFN10O5P. The number of aryl methyl sites for hydroxylation is 2. The summed E-state index contributed by atoms with van der Waals surface area (Å²) in [6, 6.07) is 14.9. The van der Waals surface area contributed by atoms with Crippen LogP contribution in [0.4, 0.5) is 38.9 Å². The minimum absolute atomic E-state index is 0.155. The van der Waals surface area contributed by atoms with Gasteiger partial charge in [-0.15, -0.1) is 0 Å². The Morgan fingerprint density at radius 1 is 0.887 bits per heavy atom. The topological polar surface area (TPSA) is 165 Å². The number of hydrogen-bond donors (Lipinski definition) is 3. The van der Waals surface area contributed by atoms with Crippen LogP contribution in [-0.4, -0.2) is 120 Å². The second-order valence-corrected chi connectivity index (χ2v) is 24.0. The molecule has 15 nitrogen and oxygen atoms in total. The zero-order valence-electron chi connectivity index (χ0n) is 41.8. The minimum atomic E-state index is -2.76. The molecule has 5 aromatic rings. The maximum Gasteiger partial charge on any atom is 0.249 e. The van der Waals surface area contributed by atoms with Gasteiger partial charge in [0.15, 0.2) is 0 Å². The van der Waals surface area contributed by atoms with Crippen LogP contribution in [0.2, 0.25) is 0 Å². The highest BCUT2D eigenvalue weighted by molar-refractivity contribution is 9.10. The third-order valence-corrected chi connectivity index (χ3v) is 16.8. The van der Waals surface area contributed by atoms with Crippen LogP contribution in [-0.2, 0) is 43.6 Å². The van der Waals surface area contributed by atoms with E-state index in [1.807, 2.05) is 31.2 Å². The molecule has 2 aromatic heterocycles. The Morgan fingerprint density at radius 2 is 1.65 bits per heavy atom. The van der Waals surface area contributed by atoms with E-state index in [0.29, 0.717) is 64.4 Å². The van der Waals surface area contributed by atoms with E-state index in [-0.39, 0.29) is 30.5 Å². The second kappa shape index (κ2) is 20.6. The molecule has 4 aliphatic heterocycles. The average molecular weight is 1050 g/mol. The van der Waals surface area contributed by atoms with Crippen molar-refractivity contribution in [2.24, 2.45) is 0 Å². The lowest BCUT2D eigenvalue weighted by Gasteiger charge is -2.43. The smallest absolute Gasteiger partial charge is 0.249 e. The number of anilines is 6. The van der Waals surface area contributed by atoms with E-state index in [9.17, 15) is 18.9 Å². The van der Waals surface area contributed by atoms with Crippen LogP contribution in [0.5, 0.6) is 5.75 Å². The first-order valence-corrected chi connectivity index (χ1v) is 28.4. The number of carbonyl (C=O) groups excluding carboxylic acids is 3. The molecule has 3 saturated heterocycles. The van der Waals surface area contributed by atoms with Gasteiger partial charge in [0, 0.05) is 98.3 Å². The largest absolute Gasteiger partial charge is 0.492 e. The van der Waals surface area contributed by atoms with Crippen molar-refractivity contribution in [2.45, 2.75) is 97.1 Å². The van der Waals surface area contributed by atoms with Gasteiger partial charge in [0.05, 0.1) is 33.4 Å². The van der Waals surface area contributed by atoms with E-state index < -0.39 is 24.5 Å². The summed E-state index contributed by atoms with van der Waals surface area (Å²) in [5.74, 6) is 0.212. The maximum absolute atomic E-state index is 15.7. The molecule has 1 atom stereocenters. The summed E-state index contributed by atoms with van der Waals surface area (Å²) in [6.07, 6.45) is 6.25. The Bertz CT molecular complexity index is 2930. The van der Waals surface area contributed by atoms with Gasteiger partial charge in [0.25, 0.3) is 0 Å². The monoisotopic (exact) mass is 1050 g/mol. The van der Waals surface area contributed by atoms with Crippen molar-refractivity contribution in [1.29, 1.82) is 0 Å². The summed E-state index contributed by atoms with van der Waals surface area (Å²) < 4.78 is 36.4. The highest BCUT2D eigenvalue weighted by Gasteiger charge is 2.50. The lowest BCUT2D eigenvalue weighted by atomic mass is 9.82. The number of piperidine rings is 2. The number of fused-ring (bicyclic) bond motifs is 2. The number of hydrogen-bond acceptors (Lipinski definition) is 13. The van der Waals surface area contributed by atoms with E-state index in [0.717, 1.165) is 98.3 Å². The van der Waals surface area contributed by atoms with Gasteiger partial charge in [0.1, 0.15) is 30.6 Å². The maximum atomic E-state index is 15.7. The highest BCUT2D eigenvalue weighted by atomic mass is 79.9. The van der Waals surface area contributed by atoms with Crippen LogP contribution >= 0.6 is 23.1 Å². The fourth-order valence-electron chi connectivity index (χ4n) is 11.0.